The number of sulfonamides is 1. The second-order valence-corrected chi connectivity index (χ2v) is 6.61. The van der Waals surface area contributed by atoms with Gasteiger partial charge in [-0.15, -0.1) is 0 Å². The van der Waals surface area contributed by atoms with Crippen molar-refractivity contribution in [3.8, 4) is 0 Å². The molecule has 1 aromatic rings. The number of benzene rings is 1. The number of nitrogens with one attached hydrogen (secondary N) is 1. The van der Waals surface area contributed by atoms with Crippen LogP contribution >= 0.6 is 0 Å². The number of carbonyl (C=O) groups is 1. The van der Waals surface area contributed by atoms with Crippen LogP contribution in [0.2, 0.25) is 0 Å². The van der Waals surface area contributed by atoms with Crippen LogP contribution in [0, 0.1) is 0 Å². The maximum Gasteiger partial charge on any atom is 0.251 e. The van der Waals surface area contributed by atoms with Crippen LogP contribution in [0.15, 0.2) is 29.2 Å². The quantitative estimate of drug-likeness (QED) is 0.780. The van der Waals surface area contributed by atoms with Crippen LogP contribution in [-0.4, -0.2) is 49.5 Å². The summed E-state index contributed by atoms with van der Waals surface area (Å²) in [6, 6.07) is 5.52. The minimum atomic E-state index is -3.59. The highest BCUT2D eigenvalue weighted by Gasteiger charge is 2.22. The average Bonchev–Trinajstić information content (AvgIpc) is 2.48. The molecule has 0 radical (unpaired) electrons. The third kappa shape index (κ3) is 4.26. The number of aliphatic hydroxyl groups is 1. The molecule has 0 aromatic heterocycles. The van der Waals surface area contributed by atoms with Gasteiger partial charge in [0, 0.05) is 24.7 Å². The fraction of sp³-hybridized carbons (Fsp3) is 0.500. The molecule has 1 rings (SSSR count). The highest BCUT2D eigenvalue weighted by atomic mass is 32.2. The number of hydrogen-bond acceptors (Lipinski definition) is 4. The van der Waals surface area contributed by atoms with Gasteiger partial charge in [-0.25, -0.2) is 8.42 Å². The first-order valence-corrected chi connectivity index (χ1v) is 8.32. The lowest BCUT2D eigenvalue weighted by Gasteiger charge is -2.19. The lowest BCUT2D eigenvalue weighted by Crippen LogP contribution is -2.35. The number of aliphatic hydroxyl groups excluding tert-OH is 1. The van der Waals surface area contributed by atoms with E-state index in [9.17, 15) is 13.2 Å². The maximum absolute atomic E-state index is 12.4. The summed E-state index contributed by atoms with van der Waals surface area (Å²) in [6.45, 7) is 5.76. The van der Waals surface area contributed by atoms with Crippen LogP contribution in [-0.2, 0) is 10.0 Å². The Balaban J connectivity index is 3.08. The summed E-state index contributed by atoms with van der Waals surface area (Å²) in [7, 11) is -3.59. The van der Waals surface area contributed by atoms with Crippen molar-refractivity contribution in [3.63, 3.8) is 0 Å². The highest BCUT2D eigenvalue weighted by molar-refractivity contribution is 7.89. The van der Waals surface area contributed by atoms with E-state index in [1.807, 2.05) is 0 Å². The van der Waals surface area contributed by atoms with Gasteiger partial charge >= 0.3 is 0 Å². The highest BCUT2D eigenvalue weighted by Crippen LogP contribution is 2.17. The molecule has 0 heterocycles. The molecular formula is C14H22N2O4S. The fourth-order valence-electron chi connectivity index (χ4n) is 1.86. The Morgan fingerprint density at radius 1 is 1.33 bits per heavy atom. The second-order valence-electron chi connectivity index (χ2n) is 4.67. The Bertz CT molecular complexity index is 582. The minimum absolute atomic E-state index is 0.0931. The first-order valence-electron chi connectivity index (χ1n) is 6.88. The third-order valence-electron chi connectivity index (χ3n) is 3.09. The minimum Gasteiger partial charge on any atom is -0.394 e. The third-order valence-corrected chi connectivity index (χ3v) is 5.14. The van der Waals surface area contributed by atoms with Crippen molar-refractivity contribution in [2.45, 2.75) is 31.7 Å². The zero-order chi connectivity index (χ0) is 16.0. The van der Waals surface area contributed by atoms with Gasteiger partial charge in [0.1, 0.15) is 0 Å². The van der Waals surface area contributed by atoms with Gasteiger partial charge in [0.2, 0.25) is 10.0 Å². The molecule has 0 saturated carbocycles. The van der Waals surface area contributed by atoms with E-state index in [2.05, 4.69) is 5.32 Å². The van der Waals surface area contributed by atoms with Crippen LogP contribution in [0.4, 0.5) is 0 Å². The molecule has 21 heavy (non-hydrogen) atoms. The van der Waals surface area contributed by atoms with Crippen molar-refractivity contribution in [1.82, 2.24) is 9.62 Å². The van der Waals surface area contributed by atoms with Crippen molar-refractivity contribution in [2.75, 3.05) is 19.7 Å². The predicted octanol–water partition coefficient (Wildman–Crippen LogP) is 0.828. The number of amides is 1. The first-order chi connectivity index (χ1) is 9.86. The Morgan fingerprint density at radius 3 is 2.48 bits per heavy atom. The number of rotatable bonds is 7. The molecule has 7 heteroatoms. The maximum atomic E-state index is 12.4. The van der Waals surface area contributed by atoms with Crippen LogP contribution in [0.3, 0.4) is 0 Å². The monoisotopic (exact) mass is 314 g/mol. The number of hydrogen-bond donors (Lipinski definition) is 2. The number of nitrogens with zero attached hydrogens (tertiary/aromatic N) is 1. The van der Waals surface area contributed by atoms with E-state index in [0.717, 1.165) is 0 Å². The van der Waals surface area contributed by atoms with E-state index in [0.29, 0.717) is 13.1 Å². The normalized spacial score (nSPS) is 13.2. The van der Waals surface area contributed by atoms with Gasteiger partial charge in [-0.05, 0) is 25.1 Å². The van der Waals surface area contributed by atoms with Gasteiger partial charge in [-0.3, -0.25) is 4.79 Å². The summed E-state index contributed by atoms with van der Waals surface area (Å²) in [5.74, 6) is -0.409. The summed E-state index contributed by atoms with van der Waals surface area (Å²) in [5, 5.41) is 11.5. The molecular weight excluding hydrogens is 292 g/mol. The van der Waals surface area contributed by atoms with Gasteiger partial charge in [-0.1, -0.05) is 19.9 Å². The van der Waals surface area contributed by atoms with Crippen LogP contribution < -0.4 is 5.32 Å². The van der Waals surface area contributed by atoms with Gasteiger partial charge < -0.3 is 10.4 Å². The van der Waals surface area contributed by atoms with Crippen LogP contribution in [0.1, 0.15) is 31.1 Å². The van der Waals surface area contributed by atoms with Crippen molar-refractivity contribution in [1.29, 1.82) is 0 Å². The molecule has 0 aliphatic carbocycles. The Morgan fingerprint density at radius 2 is 1.95 bits per heavy atom. The Labute approximate surface area is 125 Å². The molecule has 0 spiro atoms. The summed E-state index contributed by atoms with van der Waals surface area (Å²) in [5.41, 5.74) is 0.253. The summed E-state index contributed by atoms with van der Waals surface area (Å²) in [6.07, 6.45) is 0. The second kappa shape index (κ2) is 7.53. The SMILES string of the molecule is CCN(CC)S(=O)(=O)c1cccc(C(=O)N[C@H](C)CO)c1. The summed E-state index contributed by atoms with van der Waals surface area (Å²) in [4.78, 5) is 12.1. The van der Waals surface area contributed by atoms with Crippen LogP contribution in [0.25, 0.3) is 0 Å². The molecule has 118 valence electrons. The molecule has 0 saturated heterocycles. The number of carbonyl (C=O) groups excluding carboxylic acids is 1. The standard InChI is InChI=1S/C14H22N2O4S/c1-4-16(5-2)21(19,20)13-8-6-7-12(9-13)14(18)15-11(3)10-17/h6-9,11,17H,4-5,10H2,1-3H3,(H,15,18)/t11-/m1/s1. The zero-order valence-corrected chi connectivity index (χ0v) is 13.4. The Kier molecular flexibility index (Phi) is 6.32. The smallest absolute Gasteiger partial charge is 0.251 e. The van der Waals surface area contributed by atoms with Crippen molar-refractivity contribution >= 4 is 15.9 Å². The molecule has 6 nitrogen and oxygen atoms in total. The molecule has 2 N–H and O–H groups in total. The van der Waals surface area contributed by atoms with Gasteiger partial charge in [-0.2, -0.15) is 4.31 Å². The van der Waals surface area contributed by atoms with E-state index in [1.54, 1.807) is 26.8 Å². The van der Waals surface area contributed by atoms with Crippen molar-refractivity contribution in [3.05, 3.63) is 29.8 Å². The van der Waals surface area contributed by atoms with E-state index in [1.165, 1.54) is 22.5 Å². The van der Waals surface area contributed by atoms with E-state index in [-0.39, 0.29) is 23.1 Å². The molecule has 0 aliphatic heterocycles. The zero-order valence-electron chi connectivity index (χ0n) is 12.5. The van der Waals surface area contributed by atoms with E-state index < -0.39 is 15.9 Å². The predicted molar refractivity (Wildman–Crippen MR) is 80.6 cm³/mol. The van der Waals surface area contributed by atoms with E-state index in [4.69, 9.17) is 5.11 Å². The molecule has 1 amide bonds. The fourth-order valence-corrected chi connectivity index (χ4v) is 3.37. The molecule has 0 unspecified atom stereocenters. The summed E-state index contributed by atoms with van der Waals surface area (Å²) >= 11 is 0. The van der Waals surface area contributed by atoms with Crippen LogP contribution in [0.5, 0.6) is 0 Å². The molecule has 0 bridgehead atoms. The Hall–Kier alpha value is -1.44. The molecule has 0 aliphatic rings. The topological polar surface area (TPSA) is 86.7 Å². The lowest BCUT2D eigenvalue weighted by atomic mass is 10.2. The van der Waals surface area contributed by atoms with Gasteiger partial charge in [0.15, 0.2) is 0 Å². The largest absolute Gasteiger partial charge is 0.394 e. The van der Waals surface area contributed by atoms with E-state index >= 15 is 0 Å². The summed E-state index contributed by atoms with van der Waals surface area (Å²) < 4.78 is 26.1. The first kappa shape index (κ1) is 17.6. The van der Waals surface area contributed by atoms with Gasteiger partial charge in [0.25, 0.3) is 5.91 Å². The van der Waals surface area contributed by atoms with Crippen molar-refractivity contribution < 1.29 is 18.3 Å². The molecule has 1 aromatic carbocycles. The lowest BCUT2D eigenvalue weighted by molar-refractivity contribution is 0.0922. The van der Waals surface area contributed by atoms with Gasteiger partial charge in [0.05, 0.1) is 11.5 Å². The average molecular weight is 314 g/mol. The molecule has 0 fully saturated rings. The van der Waals surface area contributed by atoms with Crippen molar-refractivity contribution in [2.24, 2.45) is 0 Å². The molecule has 1 atom stereocenters.